The Balaban J connectivity index is 0.000000376. The van der Waals surface area contributed by atoms with Gasteiger partial charge in [0, 0.05) is 11.4 Å². The summed E-state index contributed by atoms with van der Waals surface area (Å²) in [6, 6.07) is 48.0. The average molecular weight is 429 g/mol. The summed E-state index contributed by atoms with van der Waals surface area (Å²) < 4.78 is 0. The van der Waals surface area contributed by atoms with Crippen molar-refractivity contribution in [3.8, 4) is 11.1 Å². The zero-order valence-corrected chi connectivity index (χ0v) is 17.7. The molecule has 0 amide bonds. The van der Waals surface area contributed by atoms with E-state index in [1.165, 1.54) is 16.8 Å². The fraction of sp³-hybridized carbons (Fsp3) is 0. The maximum Gasteiger partial charge on any atom is 2.00 e. The second kappa shape index (κ2) is 11.0. The predicted octanol–water partition coefficient (Wildman–Crippen LogP) is 7.95. The van der Waals surface area contributed by atoms with E-state index >= 15 is 0 Å². The van der Waals surface area contributed by atoms with Crippen molar-refractivity contribution in [2.45, 2.75) is 0 Å². The first kappa shape index (κ1) is 21.4. The summed E-state index contributed by atoms with van der Waals surface area (Å²) >= 11 is 0. The Hall–Kier alpha value is -3.32. The summed E-state index contributed by atoms with van der Waals surface area (Å²) in [7, 11) is 0. The van der Waals surface area contributed by atoms with Gasteiger partial charge in [0.05, 0.1) is 0 Å². The molecule has 5 aromatic carbocycles. The SMILES string of the molecule is [Fe+2].c1cc[cH-]c1.c1ccc(-c2cc[cH-]c2N(c2ccccc2)c2ccccc2)cc1. The molecule has 0 radical (unpaired) electrons. The van der Waals surface area contributed by atoms with E-state index in [0.29, 0.717) is 0 Å². The van der Waals surface area contributed by atoms with Crippen LogP contribution in [0.2, 0.25) is 0 Å². The third-order valence-electron chi connectivity index (χ3n) is 4.70. The van der Waals surface area contributed by atoms with Crippen molar-refractivity contribution in [2.75, 3.05) is 4.90 Å². The molecule has 0 aliphatic rings. The van der Waals surface area contributed by atoms with Crippen LogP contribution in [-0.2, 0) is 17.1 Å². The standard InChI is InChI=1S/C23H18N.C5H5.Fe/c1-4-11-19(12-5-1)22-17-10-18-23(22)24(20-13-6-2-7-14-20)21-15-8-3-9-16-21;1-2-4-5-3-1;/h1-18H;1-5H;/q2*-1;+2. The van der Waals surface area contributed by atoms with Crippen LogP contribution in [0.1, 0.15) is 0 Å². The van der Waals surface area contributed by atoms with Gasteiger partial charge in [-0.3, -0.25) is 0 Å². The van der Waals surface area contributed by atoms with Gasteiger partial charge in [-0.15, -0.1) is 11.6 Å². The van der Waals surface area contributed by atoms with Gasteiger partial charge in [0.15, 0.2) is 0 Å². The number of anilines is 3. The van der Waals surface area contributed by atoms with Gasteiger partial charge in [-0.25, -0.2) is 18.2 Å². The second-order valence-electron chi connectivity index (χ2n) is 6.66. The summed E-state index contributed by atoms with van der Waals surface area (Å²) in [6.07, 6.45) is 0. The smallest absolute Gasteiger partial charge is 0.334 e. The maximum atomic E-state index is 2.31. The summed E-state index contributed by atoms with van der Waals surface area (Å²) in [5, 5.41) is 0. The Morgan fingerprint density at radius 1 is 0.500 bits per heavy atom. The van der Waals surface area contributed by atoms with E-state index in [-0.39, 0.29) is 17.1 Å². The molecule has 0 unspecified atom stereocenters. The second-order valence-corrected chi connectivity index (χ2v) is 6.66. The van der Waals surface area contributed by atoms with Crippen molar-refractivity contribution in [1.29, 1.82) is 0 Å². The molecule has 5 rings (SSSR count). The minimum absolute atomic E-state index is 0. The predicted molar refractivity (Wildman–Crippen MR) is 124 cm³/mol. The van der Waals surface area contributed by atoms with Crippen LogP contribution in [0.5, 0.6) is 0 Å². The van der Waals surface area contributed by atoms with E-state index in [2.05, 4.69) is 114 Å². The van der Waals surface area contributed by atoms with Crippen molar-refractivity contribution >= 4 is 17.1 Å². The molecule has 1 nitrogen and oxygen atoms in total. The van der Waals surface area contributed by atoms with Gasteiger partial charge in [0.2, 0.25) is 0 Å². The minimum atomic E-state index is 0. The summed E-state index contributed by atoms with van der Waals surface area (Å²) in [4.78, 5) is 2.31. The zero-order valence-electron chi connectivity index (χ0n) is 16.6. The van der Waals surface area contributed by atoms with E-state index in [1.807, 2.05) is 30.3 Å². The third-order valence-corrected chi connectivity index (χ3v) is 4.70. The number of benzene rings is 3. The molecule has 5 aromatic rings. The van der Waals surface area contributed by atoms with E-state index in [1.54, 1.807) is 0 Å². The molecule has 0 saturated heterocycles. The molecule has 0 saturated carbocycles. The quantitative estimate of drug-likeness (QED) is 0.207. The molecule has 0 spiro atoms. The van der Waals surface area contributed by atoms with Crippen molar-refractivity contribution < 1.29 is 17.1 Å². The van der Waals surface area contributed by atoms with Crippen LogP contribution >= 0.6 is 0 Å². The molecule has 148 valence electrons. The number of hydrogen-bond donors (Lipinski definition) is 0. The molecule has 0 fully saturated rings. The molecule has 30 heavy (non-hydrogen) atoms. The molecule has 0 bridgehead atoms. The average Bonchev–Trinajstić information content (AvgIpc) is 3.52. The maximum absolute atomic E-state index is 2.31. The molecular formula is C28H23FeN. The van der Waals surface area contributed by atoms with Gasteiger partial charge in [-0.2, -0.15) is 24.3 Å². The Morgan fingerprint density at radius 3 is 1.47 bits per heavy atom. The number of hydrogen-bond acceptors (Lipinski definition) is 1. The van der Waals surface area contributed by atoms with Gasteiger partial charge in [0.25, 0.3) is 0 Å². The van der Waals surface area contributed by atoms with E-state index in [4.69, 9.17) is 0 Å². The van der Waals surface area contributed by atoms with E-state index in [9.17, 15) is 0 Å². The van der Waals surface area contributed by atoms with Crippen LogP contribution in [-0.4, -0.2) is 0 Å². The first-order valence-corrected chi connectivity index (χ1v) is 9.81. The Labute approximate surface area is 189 Å². The van der Waals surface area contributed by atoms with Crippen molar-refractivity contribution in [2.24, 2.45) is 0 Å². The van der Waals surface area contributed by atoms with Gasteiger partial charge in [0.1, 0.15) is 0 Å². The topological polar surface area (TPSA) is 3.24 Å². The van der Waals surface area contributed by atoms with Crippen LogP contribution in [0.25, 0.3) is 11.1 Å². The largest absolute Gasteiger partial charge is 2.00 e. The fourth-order valence-electron chi connectivity index (χ4n) is 3.37. The van der Waals surface area contributed by atoms with Gasteiger partial charge < -0.3 is 4.90 Å². The van der Waals surface area contributed by atoms with Crippen molar-refractivity contribution in [3.05, 3.63) is 140 Å². The Kier molecular flexibility index (Phi) is 7.85. The van der Waals surface area contributed by atoms with Gasteiger partial charge >= 0.3 is 17.1 Å². The fourth-order valence-corrected chi connectivity index (χ4v) is 3.37. The molecule has 0 aromatic heterocycles. The van der Waals surface area contributed by atoms with E-state index in [0.717, 1.165) is 11.4 Å². The molecule has 0 aliphatic carbocycles. The van der Waals surface area contributed by atoms with Crippen LogP contribution < -0.4 is 4.90 Å². The number of rotatable bonds is 4. The van der Waals surface area contributed by atoms with Gasteiger partial charge in [-0.1, -0.05) is 78.0 Å². The summed E-state index contributed by atoms with van der Waals surface area (Å²) in [6.45, 7) is 0. The third kappa shape index (κ3) is 5.18. The first-order chi connectivity index (χ1) is 14.4. The Morgan fingerprint density at radius 2 is 1.00 bits per heavy atom. The Bertz CT molecular complexity index is 1020. The first-order valence-electron chi connectivity index (χ1n) is 9.81. The van der Waals surface area contributed by atoms with Crippen LogP contribution in [0.15, 0.2) is 140 Å². The molecule has 0 atom stereocenters. The number of nitrogens with zero attached hydrogens (tertiary/aromatic N) is 1. The minimum Gasteiger partial charge on any atom is -0.334 e. The van der Waals surface area contributed by atoms with Crippen LogP contribution in [0.3, 0.4) is 0 Å². The van der Waals surface area contributed by atoms with Crippen molar-refractivity contribution in [1.82, 2.24) is 0 Å². The van der Waals surface area contributed by atoms with Crippen molar-refractivity contribution in [3.63, 3.8) is 0 Å². The van der Waals surface area contributed by atoms with Crippen LogP contribution in [0.4, 0.5) is 17.1 Å². The van der Waals surface area contributed by atoms with Crippen LogP contribution in [0, 0.1) is 0 Å². The van der Waals surface area contributed by atoms with E-state index < -0.39 is 0 Å². The molecule has 0 N–H and O–H groups in total. The van der Waals surface area contributed by atoms with Gasteiger partial charge in [-0.05, 0) is 24.3 Å². The molecule has 0 aliphatic heterocycles. The molecule has 2 heteroatoms. The monoisotopic (exact) mass is 429 g/mol. The molecular weight excluding hydrogens is 406 g/mol. The zero-order chi connectivity index (χ0) is 19.7. The normalized spacial score (nSPS) is 9.73. The summed E-state index contributed by atoms with van der Waals surface area (Å²) in [5.74, 6) is 0. The summed E-state index contributed by atoms with van der Waals surface area (Å²) in [5.41, 5.74) is 5.98. The molecule has 0 heterocycles. The number of para-hydroxylation sites is 2.